The van der Waals surface area contributed by atoms with Gasteiger partial charge in [-0.25, -0.2) is 0 Å². The largest absolute Gasteiger partial charge is 0.497 e. The van der Waals surface area contributed by atoms with Gasteiger partial charge in [-0.05, 0) is 49.2 Å². The number of pyridine rings is 1. The van der Waals surface area contributed by atoms with Gasteiger partial charge in [-0.1, -0.05) is 18.2 Å². The third-order valence-corrected chi connectivity index (χ3v) is 3.26. The van der Waals surface area contributed by atoms with Crippen LogP contribution in [0.15, 0.2) is 48.7 Å². The maximum Gasteiger partial charge on any atom is 0.118 e. The smallest absolute Gasteiger partial charge is 0.118 e. The minimum Gasteiger partial charge on any atom is -0.497 e. The molecule has 1 aromatic heterocycles. The number of hydrogen-bond donors (Lipinski definition) is 1. The summed E-state index contributed by atoms with van der Waals surface area (Å²) in [6.45, 7) is 0.678. The van der Waals surface area contributed by atoms with Crippen molar-refractivity contribution >= 4 is 0 Å². The van der Waals surface area contributed by atoms with E-state index in [0.717, 1.165) is 24.3 Å². The molecule has 2 aromatic rings. The van der Waals surface area contributed by atoms with Crippen LogP contribution in [0.1, 0.15) is 23.6 Å². The van der Waals surface area contributed by atoms with Crippen LogP contribution in [0.3, 0.4) is 0 Å². The molecule has 3 heteroatoms. The molecule has 0 radical (unpaired) electrons. The lowest BCUT2D eigenvalue weighted by molar-refractivity contribution is 0.414. The minimum atomic E-state index is 0.375. The van der Waals surface area contributed by atoms with Gasteiger partial charge in [0.25, 0.3) is 0 Å². The fourth-order valence-corrected chi connectivity index (χ4v) is 2.22. The van der Waals surface area contributed by atoms with Crippen molar-refractivity contribution in [3.8, 4) is 5.75 Å². The first-order valence-corrected chi connectivity index (χ1v) is 6.57. The normalized spacial score (nSPS) is 12.1. The molecule has 0 aliphatic carbocycles. The van der Waals surface area contributed by atoms with Crippen LogP contribution in [0.5, 0.6) is 5.75 Å². The Labute approximate surface area is 114 Å². The van der Waals surface area contributed by atoms with Crippen molar-refractivity contribution in [2.75, 3.05) is 13.7 Å². The van der Waals surface area contributed by atoms with Gasteiger partial charge < -0.3 is 10.5 Å². The first kappa shape index (κ1) is 13.6. The molecule has 2 N–H and O–H groups in total. The van der Waals surface area contributed by atoms with Crippen molar-refractivity contribution in [1.82, 2.24) is 4.98 Å². The van der Waals surface area contributed by atoms with Crippen LogP contribution in [-0.2, 0) is 6.42 Å². The number of benzene rings is 1. The monoisotopic (exact) mass is 256 g/mol. The van der Waals surface area contributed by atoms with Crippen molar-refractivity contribution in [3.63, 3.8) is 0 Å². The number of nitrogens with two attached hydrogens (primary N) is 1. The summed E-state index contributed by atoms with van der Waals surface area (Å²) in [5.41, 5.74) is 8.12. The number of rotatable bonds is 6. The molecule has 0 bridgehead atoms. The van der Waals surface area contributed by atoms with E-state index < -0.39 is 0 Å². The Morgan fingerprint density at radius 2 is 1.95 bits per heavy atom. The van der Waals surface area contributed by atoms with Gasteiger partial charge in [0.05, 0.1) is 7.11 Å². The molecule has 1 unspecified atom stereocenters. The van der Waals surface area contributed by atoms with Crippen LogP contribution in [-0.4, -0.2) is 18.6 Å². The Balaban J connectivity index is 2.11. The predicted molar refractivity (Wildman–Crippen MR) is 77.3 cm³/mol. The van der Waals surface area contributed by atoms with E-state index in [1.165, 1.54) is 5.56 Å². The lowest BCUT2D eigenvalue weighted by Gasteiger charge is -2.15. The lowest BCUT2D eigenvalue weighted by Crippen LogP contribution is -2.11. The van der Waals surface area contributed by atoms with E-state index in [1.54, 1.807) is 7.11 Å². The Bertz CT molecular complexity index is 482. The third kappa shape index (κ3) is 3.80. The van der Waals surface area contributed by atoms with Gasteiger partial charge in [0.15, 0.2) is 0 Å². The second kappa shape index (κ2) is 6.90. The lowest BCUT2D eigenvalue weighted by atomic mass is 9.92. The standard InChI is InChI=1S/C16H20N2O/c1-19-15-7-5-13(6-8-15)12-14(9-10-17)16-4-2-3-11-18-16/h2-8,11,14H,9-10,12,17H2,1H3. The van der Waals surface area contributed by atoms with Crippen LogP contribution in [0.25, 0.3) is 0 Å². The Hall–Kier alpha value is -1.87. The Morgan fingerprint density at radius 1 is 1.16 bits per heavy atom. The van der Waals surface area contributed by atoms with E-state index >= 15 is 0 Å². The number of nitrogens with zero attached hydrogens (tertiary/aromatic N) is 1. The molecule has 0 saturated heterocycles. The fraction of sp³-hybridized carbons (Fsp3) is 0.312. The summed E-state index contributed by atoms with van der Waals surface area (Å²) in [7, 11) is 1.68. The first-order valence-electron chi connectivity index (χ1n) is 6.57. The number of methoxy groups -OCH3 is 1. The summed E-state index contributed by atoms with van der Waals surface area (Å²) in [5, 5.41) is 0. The van der Waals surface area contributed by atoms with Crippen molar-refractivity contribution in [2.45, 2.75) is 18.8 Å². The molecular weight excluding hydrogens is 236 g/mol. The van der Waals surface area contributed by atoms with E-state index in [4.69, 9.17) is 10.5 Å². The van der Waals surface area contributed by atoms with Crippen molar-refractivity contribution in [1.29, 1.82) is 0 Å². The molecule has 1 heterocycles. The average Bonchev–Trinajstić information content (AvgIpc) is 2.48. The zero-order chi connectivity index (χ0) is 13.5. The Kier molecular flexibility index (Phi) is 4.93. The highest BCUT2D eigenvalue weighted by molar-refractivity contribution is 5.28. The molecule has 0 aliphatic rings. The molecule has 0 amide bonds. The minimum absolute atomic E-state index is 0.375. The molecule has 0 saturated carbocycles. The van der Waals surface area contributed by atoms with Crippen LogP contribution < -0.4 is 10.5 Å². The van der Waals surface area contributed by atoms with Crippen molar-refractivity contribution in [3.05, 3.63) is 59.9 Å². The average molecular weight is 256 g/mol. The van der Waals surface area contributed by atoms with Crippen molar-refractivity contribution < 1.29 is 4.74 Å². The molecule has 19 heavy (non-hydrogen) atoms. The molecule has 1 aromatic carbocycles. The van der Waals surface area contributed by atoms with Gasteiger partial charge in [0.2, 0.25) is 0 Å². The van der Waals surface area contributed by atoms with Gasteiger partial charge in [-0.3, -0.25) is 4.98 Å². The first-order chi connectivity index (χ1) is 9.33. The van der Waals surface area contributed by atoms with Gasteiger partial charge in [0.1, 0.15) is 5.75 Å². The van der Waals surface area contributed by atoms with Crippen LogP contribution in [0, 0.1) is 0 Å². The summed E-state index contributed by atoms with van der Waals surface area (Å²) < 4.78 is 5.17. The molecule has 2 rings (SSSR count). The van der Waals surface area contributed by atoms with E-state index in [0.29, 0.717) is 12.5 Å². The maximum absolute atomic E-state index is 5.72. The highest BCUT2D eigenvalue weighted by Gasteiger charge is 2.12. The van der Waals surface area contributed by atoms with Crippen molar-refractivity contribution in [2.24, 2.45) is 5.73 Å². The summed E-state index contributed by atoms with van der Waals surface area (Å²) in [4.78, 5) is 4.45. The molecule has 3 nitrogen and oxygen atoms in total. The van der Waals surface area contributed by atoms with E-state index in [2.05, 4.69) is 23.2 Å². The van der Waals surface area contributed by atoms with E-state index in [1.807, 2.05) is 30.5 Å². The second-order valence-electron chi connectivity index (χ2n) is 4.58. The van der Waals surface area contributed by atoms with Crippen LogP contribution in [0.4, 0.5) is 0 Å². The van der Waals surface area contributed by atoms with Gasteiger partial charge in [-0.15, -0.1) is 0 Å². The maximum atomic E-state index is 5.72. The highest BCUT2D eigenvalue weighted by Crippen LogP contribution is 2.23. The topological polar surface area (TPSA) is 48.1 Å². The zero-order valence-corrected chi connectivity index (χ0v) is 11.3. The molecule has 0 fully saturated rings. The SMILES string of the molecule is COc1ccc(CC(CCN)c2ccccn2)cc1. The summed E-state index contributed by atoms with van der Waals surface area (Å²) in [5.74, 6) is 1.26. The van der Waals surface area contributed by atoms with Gasteiger partial charge >= 0.3 is 0 Å². The number of ether oxygens (including phenoxy) is 1. The molecule has 0 aliphatic heterocycles. The quantitative estimate of drug-likeness (QED) is 0.864. The fourth-order valence-electron chi connectivity index (χ4n) is 2.22. The molecule has 1 atom stereocenters. The highest BCUT2D eigenvalue weighted by atomic mass is 16.5. The van der Waals surface area contributed by atoms with Crippen LogP contribution in [0.2, 0.25) is 0 Å². The summed E-state index contributed by atoms with van der Waals surface area (Å²) >= 11 is 0. The molecule has 100 valence electrons. The summed E-state index contributed by atoms with van der Waals surface area (Å²) in [6.07, 6.45) is 3.74. The van der Waals surface area contributed by atoms with Crippen LogP contribution >= 0.6 is 0 Å². The second-order valence-corrected chi connectivity index (χ2v) is 4.58. The third-order valence-electron chi connectivity index (χ3n) is 3.26. The van der Waals surface area contributed by atoms with E-state index in [9.17, 15) is 0 Å². The number of hydrogen-bond acceptors (Lipinski definition) is 3. The predicted octanol–water partition coefficient (Wildman–Crippen LogP) is 2.77. The van der Waals surface area contributed by atoms with E-state index in [-0.39, 0.29) is 0 Å². The zero-order valence-electron chi connectivity index (χ0n) is 11.3. The molecular formula is C16H20N2O. The summed E-state index contributed by atoms with van der Waals surface area (Å²) in [6, 6.07) is 14.2. The van der Waals surface area contributed by atoms with Gasteiger partial charge in [-0.2, -0.15) is 0 Å². The van der Waals surface area contributed by atoms with Gasteiger partial charge in [0, 0.05) is 17.8 Å². The molecule has 0 spiro atoms. The Morgan fingerprint density at radius 3 is 2.53 bits per heavy atom. The number of aromatic nitrogens is 1.